The summed E-state index contributed by atoms with van der Waals surface area (Å²) in [6.45, 7) is 9.75. The van der Waals surface area contributed by atoms with E-state index in [9.17, 15) is 9.59 Å². The number of unbranched alkanes of at least 4 members (excludes halogenated alkanes) is 2. The molecule has 0 radical (unpaired) electrons. The molecule has 0 saturated heterocycles. The van der Waals surface area contributed by atoms with Crippen LogP contribution in [0, 0.1) is 0 Å². The Morgan fingerprint density at radius 1 is 1.05 bits per heavy atom. The minimum absolute atomic E-state index is 0.0424. The maximum atomic E-state index is 11.7. The molecule has 0 aromatic heterocycles. The molecule has 0 fully saturated rings. The number of hydrogen-bond donors (Lipinski definition) is 1. The van der Waals surface area contributed by atoms with Crippen LogP contribution in [-0.2, 0) is 19.1 Å². The number of nitrogens with one attached hydrogen (secondary N) is 1. The van der Waals surface area contributed by atoms with Gasteiger partial charge in [0, 0.05) is 12.7 Å². The van der Waals surface area contributed by atoms with E-state index in [0.29, 0.717) is 6.54 Å². The fraction of sp³-hybridized carbons (Fsp3) is 0.467. The number of carbonyl (C=O) groups excluding carboxylic acids is 2. The third-order valence-corrected chi connectivity index (χ3v) is 2.28. The SMILES string of the molecule is C=CCOC(=O)C(=CNCCCCC)C(=O)OCC=C. The van der Waals surface area contributed by atoms with Crippen LogP contribution in [0.4, 0.5) is 0 Å². The summed E-state index contributed by atoms with van der Waals surface area (Å²) in [6, 6.07) is 0. The second kappa shape index (κ2) is 12.0. The summed E-state index contributed by atoms with van der Waals surface area (Å²) >= 11 is 0. The first-order valence-corrected chi connectivity index (χ1v) is 6.66. The number of ether oxygens (including phenoxy) is 2. The lowest BCUT2D eigenvalue weighted by atomic mass is 10.2. The van der Waals surface area contributed by atoms with Crippen LogP contribution in [0.2, 0.25) is 0 Å². The second-order valence-electron chi connectivity index (χ2n) is 3.99. The molecule has 0 unspecified atom stereocenters. The van der Waals surface area contributed by atoms with Gasteiger partial charge in [-0.1, -0.05) is 45.1 Å². The summed E-state index contributed by atoms with van der Waals surface area (Å²) in [4.78, 5) is 23.4. The third kappa shape index (κ3) is 8.13. The lowest BCUT2D eigenvalue weighted by molar-refractivity contribution is -0.145. The Hall–Kier alpha value is -2.04. The lowest BCUT2D eigenvalue weighted by Gasteiger charge is -2.07. The smallest absolute Gasteiger partial charge is 0.347 e. The van der Waals surface area contributed by atoms with Crippen molar-refractivity contribution < 1.29 is 19.1 Å². The molecule has 0 spiro atoms. The first-order valence-electron chi connectivity index (χ1n) is 6.66. The molecule has 0 rings (SSSR count). The van der Waals surface area contributed by atoms with E-state index in [0.717, 1.165) is 19.3 Å². The van der Waals surface area contributed by atoms with Crippen molar-refractivity contribution in [1.82, 2.24) is 5.32 Å². The molecule has 0 bridgehead atoms. The van der Waals surface area contributed by atoms with E-state index in [1.807, 2.05) is 0 Å². The molecule has 0 saturated carbocycles. The van der Waals surface area contributed by atoms with Gasteiger partial charge in [0.25, 0.3) is 0 Å². The molecule has 1 N–H and O–H groups in total. The van der Waals surface area contributed by atoms with Gasteiger partial charge >= 0.3 is 11.9 Å². The van der Waals surface area contributed by atoms with Crippen molar-refractivity contribution >= 4 is 11.9 Å². The molecular weight excluding hydrogens is 258 g/mol. The number of rotatable bonds is 11. The summed E-state index contributed by atoms with van der Waals surface area (Å²) in [5.41, 5.74) is -0.162. The maximum Gasteiger partial charge on any atom is 0.347 e. The largest absolute Gasteiger partial charge is 0.458 e. The Kier molecular flexibility index (Phi) is 10.8. The first-order chi connectivity index (χ1) is 9.67. The van der Waals surface area contributed by atoms with Crippen LogP contribution in [0.1, 0.15) is 26.2 Å². The van der Waals surface area contributed by atoms with Crippen LogP contribution in [-0.4, -0.2) is 31.7 Å². The van der Waals surface area contributed by atoms with Gasteiger partial charge in [-0.2, -0.15) is 0 Å². The summed E-state index contributed by atoms with van der Waals surface area (Å²) in [7, 11) is 0. The van der Waals surface area contributed by atoms with Crippen molar-refractivity contribution in [3.8, 4) is 0 Å². The zero-order valence-corrected chi connectivity index (χ0v) is 12.0. The van der Waals surface area contributed by atoms with Crippen molar-refractivity contribution in [2.75, 3.05) is 19.8 Å². The Morgan fingerprint density at radius 3 is 2.05 bits per heavy atom. The molecule has 0 aliphatic rings. The standard InChI is InChI=1S/C15H23NO4/c1-4-7-8-9-16-12-13(14(17)19-10-5-2)15(18)20-11-6-3/h5-6,12,16H,2-4,7-11H2,1H3. The Bertz CT molecular complexity index is 335. The fourth-order valence-electron chi connectivity index (χ4n) is 1.28. The molecule has 0 atom stereocenters. The van der Waals surface area contributed by atoms with Crippen molar-refractivity contribution in [2.24, 2.45) is 0 Å². The summed E-state index contributed by atoms with van der Waals surface area (Å²) in [5.74, 6) is -1.47. The van der Waals surface area contributed by atoms with Crippen molar-refractivity contribution in [3.63, 3.8) is 0 Å². The molecule has 0 aliphatic carbocycles. The van der Waals surface area contributed by atoms with E-state index in [1.54, 1.807) is 0 Å². The molecular formula is C15H23NO4. The van der Waals surface area contributed by atoms with E-state index in [1.165, 1.54) is 18.4 Å². The van der Waals surface area contributed by atoms with E-state index in [-0.39, 0.29) is 18.8 Å². The molecule has 0 aromatic rings. The van der Waals surface area contributed by atoms with Gasteiger partial charge in [0.05, 0.1) is 0 Å². The molecule has 5 nitrogen and oxygen atoms in total. The van der Waals surface area contributed by atoms with Gasteiger partial charge in [-0.25, -0.2) is 9.59 Å². The molecule has 0 aromatic carbocycles. The van der Waals surface area contributed by atoms with Crippen LogP contribution in [0.15, 0.2) is 37.1 Å². The van der Waals surface area contributed by atoms with E-state index >= 15 is 0 Å². The first kappa shape index (κ1) is 18.0. The number of carbonyl (C=O) groups is 2. The number of hydrogen-bond acceptors (Lipinski definition) is 5. The predicted molar refractivity (Wildman–Crippen MR) is 77.9 cm³/mol. The van der Waals surface area contributed by atoms with Gasteiger partial charge in [0.1, 0.15) is 13.2 Å². The van der Waals surface area contributed by atoms with E-state index in [2.05, 4.69) is 25.4 Å². The van der Waals surface area contributed by atoms with Crippen molar-refractivity contribution in [2.45, 2.75) is 26.2 Å². The monoisotopic (exact) mass is 281 g/mol. The maximum absolute atomic E-state index is 11.7. The van der Waals surface area contributed by atoms with E-state index in [4.69, 9.17) is 9.47 Å². The van der Waals surface area contributed by atoms with Gasteiger partial charge < -0.3 is 14.8 Å². The van der Waals surface area contributed by atoms with Crippen molar-refractivity contribution in [1.29, 1.82) is 0 Å². The van der Waals surface area contributed by atoms with Crippen LogP contribution >= 0.6 is 0 Å². The van der Waals surface area contributed by atoms with Gasteiger partial charge in [-0.15, -0.1) is 0 Å². The normalized spacial score (nSPS) is 9.25. The minimum Gasteiger partial charge on any atom is -0.458 e. The van der Waals surface area contributed by atoms with Gasteiger partial charge in [0.15, 0.2) is 5.57 Å². The average molecular weight is 281 g/mol. The zero-order valence-electron chi connectivity index (χ0n) is 12.0. The molecule has 0 amide bonds. The Labute approximate surface area is 120 Å². The lowest BCUT2D eigenvalue weighted by Crippen LogP contribution is -2.22. The van der Waals surface area contributed by atoms with Crippen LogP contribution in [0.25, 0.3) is 0 Å². The van der Waals surface area contributed by atoms with E-state index < -0.39 is 11.9 Å². The van der Waals surface area contributed by atoms with Crippen LogP contribution in [0.3, 0.4) is 0 Å². The summed E-state index contributed by atoms with van der Waals surface area (Å²) in [5, 5.41) is 2.92. The highest BCUT2D eigenvalue weighted by molar-refractivity contribution is 6.14. The molecule has 20 heavy (non-hydrogen) atoms. The highest BCUT2D eigenvalue weighted by Gasteiger charge is 2.20. The van der Waals surface area contributed by atoms with Crippen LogP contribution < -0.4 is 5.32 Å². The Morgan fingerprint density at radius 2 is 1.60 bits per heavy atom. The zero-order chi connectivity index (χ0) is 15.2. The summed E-state index contributed by atoms with van der Waals surface area (Å²) in [6.07, 6.45) is 7.34. The van der Waals surface area contributed by atoms with Gasteiger partial charge in [-0.05, 0) is 6.42 Å². The molecule has 5 heteroatoms. The molecule has 0 aliphatic heterocycles. The molecule has 0 heterocycles. The quantitative estimate of drug-likeness (QED) is 0.157. The highest BCUT2D eigenvalue weighted by Crippen LogP contribution is 2.02. The Balaban J connectivity index is 4.54. The third-order valence-electron chi connectivity index (χ3n) is 2.28. The van der Waals surface area contributed by atoms with Gasteiger partial charge in [-0.3, -0.25) is 0 Å². The topological polar surface area (TPSA) is 64.6 Å². The number of esters is 2. The van der Waals surface area contributed by atoms with Crippen LogP contribution in [0.5, 0.6) is 0 Å². The average Bonchev–Trinajstić information content (AvgIpc) is 2.46. The van der Waals surface area contributed by atoms with Crippen molar-refractivity contribution in [3.05, 3.63) is 37.1 Å². The predicted octanol–water partition coefficient (Wildman–Crippen LogP) is 2.11. The summed E-state index contributed by atoms with van der Waals surface area (Å²) < 4.78 is 9.68. The highest BCUT2D eigenvalue weighted by atomic mass is 16.6. The minimum atomic E-state index is -0.734. The molecule has 112 valence electrons. The fourth-order valence-corrected chi connectivity index (χ4v) is 1.28. The van der Waals surface area contributed by atoms with Gasteiger partial charge in [0.2, 0.25) is 0 Å². The second-order valence-corrected chi connectivity index (χ2v) is 3.99.